The number of hydrogen-bond acceptors (Lipinski definition) is 4. The fourth-order valence-electron chi connectivity index (χ4n) is 0.123. The van der Waals surface area contributed by atoms with Gasteiger partial charge in [-0.3, -0.25) is 4.44 Å². The summed E-state index contributed by atoms with van der Waals surface area (Å²) < 4.78 is 12.8. The van der Waals surface area contributed by atoms with E-state index in [1.165, 1.54) is 0 Å². The van der Waals surface area contributed by atoms with Crippen molar-refractivity contribution in [1.29, 1.82) is 0 Å². The van der Waals surface area contributed by atoms with Gasteiger partial charge in [0.1, 0.15) is 0 Å². The maximum absolute atomic E-state index is 9.59. The first-order chi connectivity index (χ1) is 3.42. The summed E-state index contributed by atoms with van der Waals surface area (Å²) in [6.07, 6.45) is 0. The average Bonchev–Trinajstić information content (AvgIpc) is 1.21. The number of hydrogen-bond donors (Lipinski definition) is 4. The monoisotopic (exact) mass is 385 g/mol. The van der Waals surface area contributed by atoms with Gasteiger partial charge in [-0.25, -0.2) is 4.57 Å². The standard InChI is InChI=1S/BH4O6P.Eu.Sr.2H/c2-1(3)7-8(4,5)6;;;;/h2-3H,(H2,4,5,6);;;;/q;;+2;2*-1. The number of phosphoric acid groups is 1. The summed E-state index contributed by atoms with van der Waals surface area (Å²) >= 11 is 0. The van der Waals surface area contributed by atoms with Crippen molar-refractivity contribution in [3.05, 3.63) is 0 Å². The summed E-state index contributed by atoms with van der Waals surface area (Å²) in [4.78, 5) is 15.5. The van der Waals surface area contributed by atoms with E-state index < -0.39 is 15.1 Å². The summed E-state index contributed by atoms with van der Waals surface area (Å²) in [6.45, 7) is 0. The van der Waals surface area contributed by atoms with Gasteiger partial charge in [0.2, 0.25) is 0 Å². The molecular formula is H6BEuO6PSr. The van der Waals surface area contributed by atoms with Crippen LogP contribution in [0.1, 0.15) is 2.85 Å². The predicted molar refractivity (Wildman–Crippen MR) is 31.3 cm³/mol. The molecule has 59 valence electrons. The molecule has 0 aliphatic rings. The van der Waals surface area contributed by atoms with Gasteiger partial charge in [-0.15, -0.1) is 0 Å². The Morgan fingerprint density at radius 1 is 1.40 bits per heavy atom. The van der Waals surface area contributed by atoms with E-state index >= 15 is 0 Å². The van der Waals surface area contributed by atoms with Gasteiger partial charge in [0.15, 0.2) is 0 Å². The van der Waals surface area contributed by atoms with E-state index in [1.54, 1.807) is 0 Å². The smallest absolute Gasteiger partial charge is 1.00 e. The Morgan fingerprint density at radius 3 is 1.70 bits per heavy atom. The normalized spacial score (nSPS) is 9.20. The van der Waals surface area contributed by atoms with E-state index in [0.29, 0.717) is 0 Å². The second-order valence-electron chi connectivity index (χ2n) is 0.922. The Kier molecular flexibility index (Phi) is 16.5. The summed E-state index contributed by atoms with van der Waals surface area (Å²) in [6, 6.07) is 0. The zero-order chi connectivity index (χ0) is 6.78. The minimum absolute atomic E-state index is 0. The van der Waals surface area contributed by atoms with Crippen LogP contribution in [0.2, 0.25) is 0 Å². The van der Waals surface area contributed by atoms with E-state index in [2.05, 4.69) is 4.44 Å². The Hall–Kier alpha value is 3.16. The molecule has 0 atom stereocenters. The molecule has 0 unspecified atom stereocenters. The van der Waals surface area contributed by atoms with Crippen LogP contribution in [0.5, 0.6) is 0 Å². The van der Waals surface area contributed by atoms with Crippen molar-refractivity contribution in [2.24, 2.45) is 0 Å². The van der Waals surface area contributed by atoms with Crippen LogP contribution >= 0.6 is 7.82 Å². The van der Waals surface area contributed by atoms with Crippen LogP contribution in [0, 0.1) is 49.4 Å². The van der Waals surface area contributed by atoms with Crippen LogP contribution in [0.15, 0.2) is 0 Å². The molecule has 4 N–H and O–H groups in total. The number of rotatable bonds is 2. The van der Waals surface area contributed by atoms with E-state index in [-0.39, 0.29) is 97.7 Å². The molecule has 0 aromatic heterocycles. The molecule has 10 heteroatoms. The van der Waals surface area contributed by atoms with Gasteiger partial charge in [0.25, 0.3) is 0 Å². The van der Waals surface area contributed by atoms with Gasteiger partial charge in [0.05, 0.1) is 0 Å². The Bertz CT molecular complexity index is 118. The molecule has 0 rings (SSSR count). The van der Waals surface area contributed by atoms with Crippen molar-refractivity contribution in [3.63, 3.8) is 0 Å². The minimum Gasteiger partial charge on any atom is -1.00 e. The first kappa shape index (κ1) is 18.9. The molecule has 0 aromatic carbocycles. The van der Waals surface area contributed by atoms with Crippen LogP contribution in [0.25, 0.3) is 0 Å². The fraction of sp³-hybridized carbons (Fsp3) is 0. The first-order valence-corrected chi connectivity index (χ1v) is 3.05. The maximum atomic E-state index is 9.59. The Labute approximate surface area is 139 Å². The van der Waals surface area contributed by atoms with Crippen molar-refractivity contribution >= 4 is 60.6 Å². The van der Waals surface area contributed by atoms with Crippen LogP contribution in [-0.2, 0) is 9.01 Å². The molecule has 0 bridgehead atoms. The molecule has 10 heavy (non-hydrogen) atoms. The Balaban J connectivity index is -0.0000000408. The Morgan fingerprint density at radius 2 is 1.70 bits per heavy atom. The van der Waals surface area contributed by atoms with Gasteiger partial charge in [-0.1, -0.05) is 0 Å². The first-order valence-electron chi connectivity index (χ1n) is 1.52. The third-order valence-corrected chi connectivity index (χ3v) is 0.695. The van der Waals surface area contributed by atoms with E-state index in [4.69, 9.17) is 19.8 Å². The summed E-state index contributed by atoms with van der Waals surface area (Å²) in [5, 5.41) is 15.5. The molecule has 1 radical (unpaired) electrons. The van der Waals surface area contributed by atoms with Gasteiger partial charge in [0, 0.05) is 49.4 Å². The van der Waals surface area contributed by atoms with E-state index in [1.807, 2.05) is 0 Å². The van der Waals surface area contributed by atoms with Crippen LogP contribution in [-0.4, -0.2) is 72.6 Å². The van der Waals surface area contributed by atoms with Crippen molar-refractivity contribution in [2.75, 3.05) is 0 Å². The van der Waals surface area contributed by atoms with Crippen LogP contribution in [0.4, 0.5) is 0 Å². The summed E-state index contributed by atoms with van der Waals surface area (Å²) in [5.41, 5.74) is 0. The average molecular weight is 383 g/mol. The zero-order valence-corrected chi connectivity index (χ0v) is 11.5. The molecule has 0 amide bonds. The summed E-state index contributed by atoms with van der Waals surface area (Å²) in [7, 11) is -7.14. The predicted octanol–water partition coefficient (Wildman–Crippen LogP) is -2.09. The fourth-order valence-corrected chi connectivity index (χ4v) is 0.368. The molecule has 0 fully saturated rings. The second kappa shape index (κ2) is 8.74. The molecule has 6 nitrogen and oxygen atoms in total. The molecule has 0 saturated carbocycles. The van der Waals surface area contributed by atoms with E-state index in [9.17, 15) is 4.57 Å². The largest absolute Gasteiger partial charge is 2.00 e. The SMILES string of the molecule is O=P(O)(O)OB(O)O.[Eu].[H-].[H-].[Sr+2]. The zero-order valence-electron chi connectivity index (χ0n) is 6.71. The molecule has 0 spiro atoms. The molecule has 0 aliphatic heterocycles. The molecular weight excluding hydrogens is 377 g/mol. The minimum atomic E-state index is -4.72. The molecule has 0 saturated heterocycles. The summed E-state index contributed by atoms with van der Waals surface area (Å²) in [5.74, 6) is 0. The molecule has 0 heterocycles. The topological polar surface area (TPSA) is 107 Å². The van der Waals surface area contributed by atoms with Crippen molar-refractivity contribution < 1.29 is 81.1 Å². The van der Waals surface area contributed by atoms with Crippen molar-refractivity contribution in [3.8, 4) is 0 Å². The van der Waals surface area contributed by atoms with E-state index in [0.717, 1.165) is 0 Å². The van der Waals surface area contributed by atoms with Crippen LogP contribution in [0.3, 0.4) is 0 Å². The van der Waals surface area contributed by atoms with Gasteiger partial charge < -0.3 is 22.7 Å². The van der Waals surface area contributed by atoms with Gasteiger partial charge in [-0.2, -0.15) is 0 Å². The van der Waals surface area contributed by atoms with Crippen molar-refractivity contribution in [1.82, 2.24) is 0 Å². The quantitative estimate of drug-likeness (QED) is 0.322. The molecule has 0 aliphatic carbocycles. The third-order valence-electron chi connectivity index (χ3n) is 0.232. The molecule has 0 aromatic rings. The van der Waals surface area contributed by atoms with Crippen LogP contribution < -0.4 is 0 Å². The maximum Gasteiger partial charge on any atom is 2.00 e. The van der Waals surface area contributed by atoms with Gasteiger partial charge >= 0.3 is 60.6 Å². The third kappa shape index (κ3) is 17.3. The van der Waals surface area contributed by atoms with Gasteiger partial charge in [-0.05, 0) is 0 Å². The van der Waals surface area contributed by atoms with Crippen molar-refractivity contribution in [2.45, 2.75) is 0 Å². The second-order valence-corrected chi connectivity index (χ2v) is 2.11.